The third-order valence-electron chi connectivity index (χ3n) is 3.57. The normalized spacial score (nSPS) is 12.0. The molecule has 1 atom stereocenters. The highest BCUT2D eigenvalue weighted by Crippen LogP contribution is 2.31. The van der Waals surface area contributed by atoms with Crippen molar-refractivity contribution in [1.82, 2.24) is 0 Å². The van der Waals surface area contributed by atoms with Gasteiger partial charge in [0.05, 0.1) is 4.92 Å². The lowest BCUT2D eigenvalue weighted by atomic mass is 10.1. The monoisotopic (exact) mass is 286 g/mol. The van der Waals surface area contributed by atoms with Gasteiger partial charge in [-0.15, -0.1) is 0 Å². The molecule has 0 saturated carbocycles. The number of hydrogen-bond donors (Lipinski definition) is 2. The van der Waals surface area contributed by atoms with Crippen molar-refractivity contribution >= 4 is 11.4 Å². The minimum atomic E-state index is -0.377. The first kappa shape index (κ1) is 14.8. The molecule has 110 valence electrons. The third kappa shape index (κ3) is 3.31. The van der Waals surface area contributed by atoms with Crippen LogP contribution < -0.4 is 5.32 Å². The third-order valence-corrected chi connectivity index (χ3v) is 3.57. The van der Waals surface area contributed by atoms with Crippen LogP contribution in [0.4, 0.5) is 11.4 Å². The summed E-state index contributed by atoms with van der Waals surface area (Å²) in [6.45, 7) is 5.70. The van der Waals surface area contributed by atoms with Crippen molar-refractivity contribution in [3.8, 4) is 5.75 Å². The summed E-state index contributed by atoms with van der Waals surface area (Å²) in [6, 6.07) is 10.1. The number of nitrogens with one attached hydrogen (secondary N) is 1. The SMILES string of the molecule is Cc1cc(NC(C)c2ccc(O)cc2)c([N+](=O)[O-])cc1C. The van der Waals surface area contributed by atoms with Crippen molar-refractivity contribution in [2.24, 2.45) is 0 Å². The highest BCUT2D eigenvalue weighted by molar-refractivity contribution is 5.65. The minimum Gasteiger partial charge on any atom is -0.508 e. The molecule has 0 amide bonds. The zero-order chi connectivity index (χ0) is 15.6. The molecule has 2 aromatic carbocycles. The van der Waals surface area contributed by atoms with Gasteiger partial charge in [-0.25, -0.2) is 0 Å². The average Bonchev–Trinajstić information content (AvgIpc) is 2.43. The number of rotatable bonds is 4. The molecule has 0 aliphatic heterocycles. The minimum absolute atomic E-state index is 0.0729. The Kier molecular flexibility index (Phi) is 4.12. The lowest BCUT2D eigenvalue weighted by molar-refractivity contribution is -0.384. The van der Waals surface area contributed by atoms with Gasteiger partial charge >= 0.3 is 0 Å². The van der Waals surface area contributed by atoms with E-state index in [2.05, 4.69) is 5.32 Å². The molecule has 5 heteroatoms. The van der Waals surface area contributed by atoms with Gasteiger partial charge in [-0.1, -0.05) is 12.1 Å². The molecule has 0 heterocycles. The van der Waals surface area contributed by atoms with Gasteiger partial charge in [0.2, 0.25) is 0 Å². The zero-order valence-electron chi connectivity index (χ0n) is 12.3. The Bertz CT molecular complexity index is 666. The Balaban J connectivity index is 2.32. The molecule has 0 aromatic heterocycles. The number of aromatic hydroxyl groups is 1. The van der Waals surface area contributed by atoms with Crippen molar-refractivity contribution < 1.29 is 10.0 Å². The number of phenolic OH excluding ortho intramolecular Hbond substituents is 1. The van der Waals surface area contributed by atoms with Crippen LogP contribution in [-0.4, -0.2) is 10.0 Å². The van der Waals surface area contributed by atoms with Crippen molar-refractivity contribution in [2.45, 2.75) is 26.8 Å². The number of aryl methyl sites for hydroxylation is 2. The van der Waals surface area contributed by atoms with Crippen molar-refractivity contribution in [2.75, 3.05) is 5.32 Å². The number of nitro groups is 1. The Morgan fingerprint density at radius 3 is 2.29 bits per heavy atom. The summed E-state index contributed by atoms with van der Waals surface area (Å²) < 4.78 is 0. The molecule has 0 radical (unpaired) electrons. The molecule has 0 spiro atoms. The van der Waals surface area contributed by atoms with Gasteiger partial charge in [0.1, 0.15) is 11.4 Å². The van der Waals surface area contributed by atoms with E-state index >= 15 is 0 Å². The fourth-order valence-corrected chi connectivity index (χ4v) is 2.15. The lowest BCUT2D eigenvalue weighted by Crippen LogP contribution is -2.09. The number of phenols is 1. The summed E-state index contributed by atoms with van der Waals surface area (Å²) >= 11 is 0. The molecule has 1 unspecified atom stereocenters. The summed E-state index contributed by atoms with van der Waals surface area (Å²) in [5, 5.41) is 23.7. The number of nitrogens with zero attached hydrogens (tertiary/aromatic N) is 1. The first-order valence-corrected chi connectivity index (χ1v) is 6.69. The quantitative estimate of drug-likeness (QED) is 0.655. The molecule has 2 rings (SSSR count). The Labute approximate surface area is 123 Å². The summed E-state index contributed by atoms with van der Waals surface area (Å²) in [7, 11) is 0. The topological polar surface area (TPSA) is 75.4 Å². The summed E-state index contributed by atoms with van der Waals surface area (Å²) in [5.41, 5.74) is 3.42. The molecule has 0 aliphatic carbocycles. The number of nitro benzene ring substituents is 1. The van der Waals surface area contributed by atoms with E-state index in [-0.39, 0.29) is 22.4 Å². The summed E-state index contributed by atoms with van der Waals surface area (Å²) in [4.78, 5) is 10.8. The van der Waals surface area contributed by atoms with Gasteiger partial charge in [0, 0.05) is 12.1 Å². The second-order valence-corrected chi connectivity index (χ2v) is 5.17. The van der Waals surface area contributed by atoms with E-state index in [1.807, 2.05) is 20.8 Å². The van der Waals surface area contributed by atoms with Crippen LogP contribution in [0.1, 0.15) is 29.7 Å². The molecule has 5 nitrogen and oxygen atoms in total. The second-order valence-electron chi connectivity index (χ2n) is 5.17. The first-order valence-electron chi connectivity index (χ1n) is 6.69. The highest BCUT2D eigenvalue weighted by Gasteiger charge is 2.17. The van der Waals surface area contributed by atoms with Gasteiger partial charge in [-0.3, -0.25) is 10.1 Å². The van der Waals surface area contributed by atoms with Crippen LogP contribution in [0, 0.1) is 24.0 Å². The van der Waals surface area contributed by atoms with Crippen LogP contribution in [-0.2, 0) is 0 Å². The summed E-state index contributed by atoms with van der Waals surface area (Å²) in [6.07, 6.45) is 0. The molecule has 2 N–H and O–H groups in total. The van der Waals surface area contributed by atoms with Crippen molar-refractivity contribution in [3.05, 3.63) is 63.2 Å². The maximum absolute atomic E-state index is 11.2. The fraction of sp³-hybridized carbons (Fsp3) is 0.250. The van der Waals surface area contributed by atoms with Crippen molar-refractivity contribution in [1.29, 1.82) is 0 Å². The zero-order valence-corrected chi connectivity index (χ0v) is 12.3. The standard InChI is InChI=1S/C16H18N2O3/c1-10-8-15(16(18(20)21)9-11(10)2)17-12(3)13-4-6-14(19)7-5-13/h4-9,12,17,19H,1-3H3. The summed E-state index contributed by atoms with van der Waals surface area (Å²) in [5.74, 6) is 0.197. The highest BCUT2D eigenvalue weighted by atomic mass is 16.6. The molecule has 21 heavy (non-hydrogen) atoms. The predicted octanol–water partition coefficient (Wildman–Crippen LogP) is 4.09. The van der Waals surface area contributed by atoms with Gasteiger partial charge in [-0.05, 0) is 55.7 Å². The number of benzene rings is 2. The van der Waals surface area contributed by atoms with Gasteiger partial charge in [0.15, 0.2) is 0 Å². The molecule has 0 fully saturated rings. The largest absolute Gasteiger partial charge is 0.508 e. The van der Waals surface area contributed by atoms with Crippen LogP contribution in [0.2, 0.25) is 0 Å². The molecule has 0 bridgehead atoms. The number of anilines is 1. The van der Waals surface area contributed by atoms with E-state index < -0.39 is 0 Å². The van der Waals surface area contributed by atoms with E-state index in [0.717, 1.165) is 16.7 Å². The van der Waals surface area contributed by atoms with Crippen LogP contribution in [0.5, 0.6) is 5.75 Å². The van der Waals surface area contributed by atoms with Gasteiger partial charge in [-0.2, -0.15) is 0 Å². The lowest BCUT2D eigenvalue weighted by Gasteiger charge is -2.17. The molecule has 0 saturated heterocycles. The van der Waals surface area contributed by atoms with E-state index in [4.69, 9.17) is 0 Å². The second kappa shape index (κ2) is 5.83. The predicted molar refractivity (Wildman–Crippen MR) is 82.7 cm³/mol. The smallest absolute Gasteiger partial charge is 0.292 e. The average molecular weight is 286 g/mol. The van der Waals surface area contributed by atoms with Crippen LogP contribution in [0.15, 0.2) is 36.4 Å². The molecule has 0 aliphatic rings. The molecular formula is C16H18N2O3. The van der Waals surface area contributed by atoms with Crippen LogP contribution in [0.25, 0.3) is 0 Å². The Hall–Kier alpha value is -2.56. The number of hydrogen-bond acceptors (Lipinski definition) is 4. The Morgan fingerprint density at radius 2 is 1.71 bits per heavy atom. The van der Waals surface area contributed by atoms with E-state index in [9.17, 15) is 15.2 Å². The van der Waals surface area contributed by atoms with Crippen LogP contribution in [0.3, 0.4) is 0 Å². The van der Waals surface area contributed by atoms with E-state index in [1.165, 1.54) is 0 Å². The van der Waals surface area contributed by atoms with E-state index in [0.29, 0.717) is 5.69 Å². The fourth-order valence-electron chi connectivity index (χ4n) is 2.15. The van der Waals surface area contributed by atoms with Crippen molar-refractivity contribution in [3.63, 3.8) is 0 Å². The first-order chi connectivity index (χ1) is 9.88. The maximum atomic E-state index is 11.2. The van der Waals surface area contributed by atoms with Gasteiger partial charge < -0.3 is 10.4 Å². The van der Waals surface area contributed by atoms with Crippen LogP contribution >= 0.6 is 0 Å². The molecular weight excluding hydrogens is 268 g/mol. The Morgan fingerprint density at radius 1 is 1.14 bits per heavy atom. The maximum Gasteiger partial charge on any atom is 0.292 e. The van der Waals surface area contributed by atoms with Gasteiger partial charge in [0.25, 0.3) is 5.69 Å². The molecule has 2 aromatic rings. The van der Waals surface area contributed by atoms with E-state index in [1.54, 1.807) is 36.4 Å².